The van der Waals surface area contributed by atoms with Crippen LogP contribution in [-0.2, 0) is 0 Å². The van der Waals surface area contributed by atoms with Crippen molar-refractivity contribution in [2.75, 3.05) is 0 Å². The second-order valence-corrected chi connectivity index (χ2v) is 4.57. The van der Waals surface area contributed by atoms with E-state index in [9.17, 15) is 4.39 Å². The molecule has 98 valence electrons. The van der Waals surface area contributed by atoms with E-state index in [0.29, 0.717) is 16.3 Å². The maximum absolute atomic E-state index is 12.9. The van der Waals surface area contributed by atoms with Gasteiger partial charge in [0.2, 0.25) is 0 Å². The highest BCUT2D eigenvalue weighted by Crippen LogP contribution is 2.32. The fraction of sp³-hybridized carbons (Fsp3) is 0. The normalized spacial score (nSPS) is 10.3. The summed E-state index contributed by atoms with van der Waals surface area (Å²) >= 11 is 11.7. The van der Waals surface area contributed by atoms with Crippen LogP contribution in [0.4, 0.5) is 4.39 Å². The number of ether oxygens (including phenoxy) is 1. The number of rotatable bonds is 3. The van der Waals surface area contributed by atoms with Gasteiger partial charge in [0.05, 0.1) is 10.6 Å². The first-order valence-corrected chi connectivity index (χ1v) is 6.00. The van der Waals surface area contributed by atoms with Gasteiger partial charge < -0.3 is 10.5 Å². The summed E-state index contributed by atoms with van der Waals surface area (Å²) in [6.07, 6.45) is 0. The Labute approximate surface area is 119 Å². The molecule has 0 aliphatic rings. The van der Waals surface area contributed by atoms with Crippen molar-refractivity contribution in [1.29, 1.82) is 5.41 Å². The lowest BCUT2D eigenvalue weighted by atomic mass is 10.2. The Morgan fingerprint density at radius 3 is 2.42 bits per heavy atom. The van der Waals surface area contributed by atoms with Gasteiger partial charge in [-0.15, -0.1) is 0 Å². The number of amidine groups is 1. The SMILES string of the molecule is N=C(N)c1cc(Cl)ccc1Oc1ccc(F)cc1Cl. The van der Waals surface area contributed by atoms with Crippen molar-refractivity contribution in [2.24, 2.45) is 5.73 Å². The first kappa shape index (κ1) is 13.6. The monoisotopic (exact) mass is 298 g/mol. The van der Waals surface area contributed by atoms with Crippen LogP contribution >= 0.6 is 23.2 Å². The Balaban J connectivity index is 2.40. The molecule has 19 heavy (non-hydrogen) atoms. The molecule has 0 fully saturated rings. The van der Waals surface area contributed by atoms with Crippen molar-refractivity contribution in [1.82, 2.24) is 0 Å². The van der Waals surface area contributed by atoms with E-state index in [1.807, 2.05) is 0 Å². The first-order chi connectivity index (χ1) is 8.97. The molecule has 3 nitrogen and oxygen atoms in total. The van der Waals surface area contributed by atoms with E-state index in [-0.39, 0.29) is 16.6 Å². The zero-order valence-corrected chi connectivity index (χ0v) is 11.1. The minimum Gasteiger partial charge on any atom is -0.455 e. The van der Waals surface area contributed by atoms with E-state index < -0.39 is 5.82 Å². The number of hydrogen-bond donors (Lipinski definition) is 2. The Morgan fingerprint density at radius 2 is 1.79 bits per heavy atom. The zero-order chi connectivity index (χ0) is 14.0. The fourth-order valence-corrected chi connectivity index (χ4v) is 1.86. The van der Waals surface area contributed by atoms with E-state index in [1.165, 1.54) is 18.2 Å². The van der Waals surface area contributed by atoms with Crippen LogP contribution in [0.25, 0.3) is 0 Å². The summed E-state index contributed by atoms with van der Waals surface area (Å²) in [6, 6.07) is 8.44. The third kappa shape index (κ3) is 3.16. The van der Waals surface area contributed by atoms with E-state index >= 15 is 0 Å². The number of nitrogens with one attached hydrogen (secondary N) is 1. The number of benzene rings is 2. The molecule has 0 amide bonds. The van der Waals surface area contributed by atoms with Gasteiger partial charge in [-0.1, -0.05) is 23.2 Å². The molecule has 0 unspecified atom stereocenters. The minimum absolute atomic E-state index is 0.129. The standard InChI is InChI=1S/C13H9Cl2FN2O/c14-7-1-3-11(9(5-7)13(17)18)19-12-4-2-8(16)6-10(12)15/h1-6H,(H3,17,18). The number of halogens is 3. The molecule has 0 radical (unpaired) electrons. The summed E-state index contributed by atoms with van der Waals surface area (Å²) in [5.74, 6) is -0.0470. The molecule has 0 aliphatic carbocycles. The Morgan fingerprint density at radius 1 is 1.11 bits per heavy atom. The number of nitrogen functional groups attached to an aromatic ring is 1. The molecule has 0 saturated heterocycles. The lowest BCUT2D eigenvalue weighted by Crippen LogP contribution is -2.12. The van der Waals surface area contributed by atoms with Crippen LogP contribution in [0.1, 0.15) is 5.56 Å². The van der Waals surface area contributed by atoms with Gasteiger partial charge >= 0.3 is 0 Å². The molecule has 0 bridgehead atoms. The summed E-state index contributed by atoms with van der Waals surface area (Å²) in [5, 5.41) is 8.03. The molecule has 2 rings (SSSR count). The third-order valence-corrected chi connectivity index (χ3v) is 2.88. The first-order valence-electron chi connectivity index (χ1n) is 5.24. The van der Waals surface area contributed by atoms with Gasteiger partial charge in [-0.2, -0.15) is 0 Å². The summed E-state index contributed by atoms with van der Waals surface area (Å²) in [6.45, 7) is 0. The van der Waals surface area contributed by atoms with Crippen molar-refractivity contribution in [2.45, 2.75) is 0 Å². The molecule has 2 aromatic rings. The zero-order valence-electron chi connectivity index (χ0n) is 9.58. The van der Waals surface area contributed by atoms with Gasteiger partial charge in [0, 0.05) is 5.02 Å². The lowest BCUT2D eigenvalue weighted by molar-refractivity contribution is 0.479. The average molecular weight is 299 g/mol. The van der Waals surface area contributed by atoms with E-state index in [2.05, 4.69) is 0 Å². The molecular weight excluding hydrogens is 290 g/mol. The smallest absolute Gasteiger partial charge is 0.146 e. The number of nitrogens with two attached hydrogens (primary N) is 1. The molecule has 0 aliphatic heterocycles. The molecule has 6 heteroatoms. The average Bonchev–Trinajstić information content (AvgIpc) is 2.34. The van der Waals surface area contributed by atoms with Crippen LogP contribution in [0.3, 0.4) is 0 Å². The second-order valence-electron chi connectivity index (χ2n) is 3.73. The van der Waals surface area contributed by atoms with Gasteiger partial charge in [0.25, 0.3) is 0 Å². The highest BCUT2D eigenvalue weighted by Gasteiger charge is 2.11. The van der Waals surface area contributed by atoms with Crippen molar-refractivity contribution < 1.29 is 9.13 Å². The molecule has 2 aromatic carbocycles. The van der Waals surface area contributed by atoms with Crippen molar-refractivity contribution >= 4 is 29.0 Å². The predicted molar refractivity (Wildman–Crippen MR) is 74.0 cm³/mol. The topological polar surface area (TPSA) is 59.1 Å². The van der Waals surface area contributed by atoms with Gasteiger partial charge in [0.15, 0.2) is 0 Å². The van der Waals surface area contributed by atoms with Gasteiger partial charge in [-0.3, -0.25) is 5.41 Å². The van der Waals surface area contributed by atoms with Gasteiger partial charge in [0.1, 0.15) is 23.2 Å². The summed E-state index contributed by atoms with van der Waals surface area (Å²) in [7, 11) is 0. The molecule has 0 spiro atoms. The largest absolute Gasteiger partial charge is 0.455 e. The molecule has 0 heterocycles. The predicted octanol–water partition coefficient (Wildman–Crippen LogP) is 4.21. The minimum atomic E-state index is -0.458. The second kappa shape index (κ2) is 5.47. The Hall–Kier alpha value is -1.78. The molecule has 0 saturated carbocycles. The van der Waals surface area contributed by atoms with Crippen LogP contribution in [0.15, 0.2) is 36.4 Å². The third-order valence-electron chi connectivity index (χ3n) is 2.35. The maximum atomic E-state index is 12.9. The summed E-state index contributed by atoms with van der Waals surface area (Å²) in [5.41, 5.74) is 5.79. The van der Waals surface area contributed by atoms with E-state index in [0.717, 1.165) is 6.07 Å². The van der Waals surface area contributed by atoms with Crippen LogP contribution in [0.5, 0.6) is 11.5 Å². The van der Waals surface area contributed by atoms with Crippen molar-refractivity contribution in [3.63, 3.8) is 0 Å². The maximum Gasteiger partial charge on any atom is 0.146 e. The Bertz CT molecular complexity index is 647. The quantitative estimate of drug-likeness (QED) is 0.659. The summed E-state index contributed by atoms with van der Waals surface area (Å²) < 4.78 is 18.5. The van der Waals surface area contributed by atoms with Crippen LogP contribution in [0.2, 0.25) is 10.0 Å². The summed E-state index contributed by atoms with van der Waals surface area (Å²) in [4.78, 5) is 0. The highest BCUT2D eigenvalue weighted by molar-refractivity contribution is 6.32. The van der Waals surface area contributed by atoms with Crippen molar-refractivity contribution in [3.8, 4) is 11.5 Å². The van der Waals surface area contributed by atoms with Gasteiger partial charge in [-0.05, 0) is 36.4 Å². The van der Waals surface area contributed by atoms with Crippen LogP contribution < -0.4 is 10.5 Å². The van der Waals surface area contributed by atoms with Gasteiger partial charge in [-0.25, -0.2) is 4.39 Å². The Kier molecular flexibility index (Phi) is 3.93. The fourth-order valence-electron chi connectivity index (χ4n) is 1.48. The van der Waals surface area contributed by atoms with Crippen molar-refractivity contribution in [3.05, 3.63) is 57.8 Å². The molecule has 0 aromatic heterocycles. The number of hydrogen-bond acceptors (Lipinski definition) is 2. The molecule has 3 N–H and O–H groups in total. The van der Waals surface area contributed by atoms with E-state index in [1.54, 1.807) is 12.1 Å². The van der Waals surface area contributed by atoms with Crippen LogP contribution in [-0.4, -0.2) is 5.84 Å². The van der Waals surface area contributed by atoms with Crippen LogP contribution in [0, 0.1) is 11.2 Å². The highest BCUT2D eigenvalue weighted by atomic mass is 35.5. The molecule has 0 atom stereocenters. The molecular formula is C13H9Cl2FN2O. The lowest BCUT2D eigenvalue weighted by Gasteiger charge is -2.11. The van der Waals surface area contributed by atoms with E-state index in [4.69, 9.17) is 39.1 Å².